The second kappa shape index (κ2) is 11.3. The summed E-state index contributed by atoms with van der Waals surface area (Å²) in [5, 5.41) is 26.6. The lowest BCUT2D eigenvalue weighted by Gasteiger charge is -2.35. The van der Waals surface area contributed by atoms with Crippen molar-refractivity contribution in [1.82, 2.24) is 10.6 Å². The van der Waals surface area contributed by atoms with E-state index < -0.39 is 29.9 Å². The number of fused-ring (bicyclic) bond motifs is 1. The molecule has 3 rings (SSSR count). The summed E-state index contributed by atoms with van der Waals surface area (Å²) in [6, 6.07) is 7.91. The van der Waals surface area contributed by atoms with E-state index in [2.05, 4.69) is 31.4 Å². The minimum Gasteiger partial charge on any atom is -0.465 e. The van der Waals surface area contributed by atoms with E-state index in [-0.39, 0.29) is 30.3 Å². The third-order valence-corrected chi connectivity index (χ3v) is 6.17. The van der Waals surface area contributed by atoms with Crippen molar-refractivity contribution in [2.75, 3.05) is 18.0 Å². The minimum absolute atomic E-state index is 0.0425. The van der Waals surface area contributed by atoms with Crippen molar-refractivity contribution < 1.29 is 28.6 Å². The summed E-state index contributed by atoms with van der Waals surface area (Å²) in [6.07, 6.45) is -0.714. The van der Waals surface area contributed by atoms with Crippen molar-refractivity contribution in [2.45, 2.75) is 65.1 Å². The summed E-state index contributed by atoms with van der Waals surface area (Å²) in [6.45, 7) is 8.10. The Labute approximate surface area is 210 Å². The monoisotopic (exact) mass is 503 g/mol. The van der Waals surface area contributed by atoms with Crippen molar-refractivity contribution in [3.8, 4) is 0 Å². The molecule has 2 aromatic carbocycles. The molecule has 0 saturated carbocycles. The zero-order valence-corrected chi connectivity index (χ0v) is 21.1. The van der Waals surface area contributed by atoms with Gasteiger partial charge in [0, 0.05) is 32.1 Å². The number of hydrogen-bond donors (Lipinski definition) is 4. The normalized spacial score (nSPS) is 17.3. The molecule has 1 heterocycles. The molecule has 9 heteroatoms. The van der Waals surface area contributed by atoms with Gasteiger partial charge in [-0.05, 0) is 59.6 Å². The zero-order valence-electron chi connectivity index (χ0n) is 21.1. The van der Waals surface area contributed by atoms with Crippen LogP contribution in [-0.4, -0.2) is 47.4 Å². The van der Waals surface area contributed by atoms with Gasteiger partial charge in [0.25, 0.3) is 0 Å². The molecule has 2 aromatic rings. The summed E-state index contributed by atoms with van der Waals surface area (Å²) in [5.41, 5.74) is 2.89. The molecule has 0 bridgehead atoms. The van der Waals surface area contributed by atoms with Crippen LogP contribution in [0.1, 0.15) is 56.8 Å². The average Bonchev–Trinajstić information content (AvgIpc) is 2.74. The van der Waals surface area contributed by atoms with Crippen molar-refractivity contribution in [2.24, 2.45) is 5.41 Å². The number of benzene rings is 2. The van der Waals surface area contributed by atoms with Crippen LogP contribution in [0, 0.1) is 17.0 Å². The van der Waals surface area contributed by atoms with Gasteiger partial charge in [-0.15, -0.1) is 0 Å². The number of amides is 2. The van der Waals surface area contributed by atoms with Crippen LogP contribution in [0.4, 0.5) is 19.3 Å². The molecule has 7 nitrogen and oxygen atoms in total. The highest BCUT2D eigenvalue weighted by Gasteiger charge is 2.30. The summed E-state index contributed by atoms with van der Waals surface area (Å²) < 4.78 is 27.3. The Morgan fingerprint density at radius 3 is 2.36 bits per heavy atom. The Kier molecular flexibility index (Phi) is 8.68. The van der Waals surface area contributed by atoms with Crippen molar-refractivity contribution >= 4 is 17.7 Å². The predicted molar refractivity (Wildman–Crippen MR) is 134 cm³/mol. The number of aliphatic hydroxyl groups is 1. The maximum Gasteiger partial charge on any atom is 0.411 e. The largest absolute Gasteiger partial charge is 0.465 e. The van der Waals surface area contributed by atoms with Crippen LogP contribution in [0.5, 0.6) is 0 Å². The van der Waals surface area contributed by atoms with E-state index >= 15 is 0 Å². The maximum atomic E-state index is 13.6. The highest BCUT2D eigenvalue weighted by atomic mass is 19.1. The Morgan fingerprint density at radius 2 is 1.78 bits per heavy atom. The number of anilines is 1. The van der Waals surface area contributed by atoms with E-state index in [1.54, 1.807) is 0 Å². The van der Waals surface area contributed by atoms with Crippen LogP contribution in [0.15, 0.2) is 36.4 Å². The quantitative estimate of drug-likeness (QED) is 0.433. The first-order valence-corrected chi connectivity index (χ1v) is 12.1. The van der Waals surface area contributed by atoms with Crippen LogP contribution >= 0.6 is 0 Å². The van der Waals surface area contributed by atoms with Crippen LogP contribution in [-0.2, 0) is 17.6 Å². The molecule has 0 fully saturated rings. The van der Waals surface area contributed by atoms with Gasteiger partial charge in [0.15, 0.2) is 0 Å². The highest BCUT2D eigenvalue weighted by molar-refractivity contribution is 5.88. The Morgan fingerprint density at radius 1 is 1.11 bits per heavy atom. The zero-order chi connectivity index (χ0) is 26.6. The summed E-state index contributed by atoms with van der Waals surface area (Å²) >= 11 is 0. The first kappa shape index (κ1) is 27.5. The standard InChI is InChI=1S/C27H35F2N3O4/c1-16(33)31-23(12-18-9-19(28)13-20(29)10-18)25(34)15-30-22-7-8-32(26(35)36)24-6-5-17(11-21(22)24)14-27(2,3)4/h5-6,9-11,13,22-23,25,30,34H,7-8,12,14-15H2,1-4H3,(H,31,33)(H,35,36)/t22?,23-,25+/m0/s1. The molecule has 2 amide bonds. The lowest BCUT2D eigenvalue weighted by molar-refractivity contribution is -0.120. The van der Waals surface area contributed by atoms with Gasteiger partial charge in [-0.25, -0.2) is 13.6 Å². The Balaban J connectivity index is 1.79. The highest BCUT2D eigenvalue weighted by Crippen LogP contribution is 2.36. The molecule has 0 aromatic heterocycles. The number of rotatable bonds is 8. The van der Waals surface area contributed by atoms with Gasteiger partial charge in [0.2, 0.25) is 5.91 Å². The van der Waals surface area contributed by atoms with Gasteiger partial charge in [0.05, 0.1) is 17.8 Å². The smallest absolute Gasteiger partial charge is 0.411 e. The topological polar surface area (TPSA) is 102 Å². The number of nitrogens with one attached hydrogen (secondary N) is 2. The molecule has 1 unspecified atom stereocenters. The molecular formula is C27H35F2N3O4. The lowest BCUT2D eigenvalue weighted by Crippen LogP contribution is -2.49. The molecule has 0 radical (unpaired) electrons. The van der Waals surface area contributed by atoms with Gasteiger partial charge >= 0.3 is 6.09 Å². The van der Waals surface area contributed by atoms with E-state index in [0.29, 0.717) is 24.2 Å². The van der Waals surface area contributed by atoms with Crippen LogP contribution in [0.2, 0.25) is 0 Å². The molecule has 36 heavy (non-hydrogen) atoms. The minimum atomic E-state index is -1.06. The third-order valence-electron chi connectivity index (χ3n) is 6.17. The molecular weight excluding hydrogens is 468 g/mol. The van der Waals surface area contributed by atoms with Gasteiger partial charge in [-0.2, -0.15) is 0 Å². The Hall–Kier alpha value is -3.04. The SMILES string of the molecule is CC(=O)N[C@@H](Cc1cc(F)cc(F)c1)[C@H](O)CNC1CCN(C(=O)O)c2ccc(CC(C)(C)C)cc21. The Bertz CT molecular complexity index is 1080. The predicted octanol–water partition coefficient (Wildman–Crippen LogP) is 4.18. The summed E-state index contributed by atoms with van der Waals surface area (Å²) in [7, 11) is 0. The number of carbonyl (C=O) groups is 2. The van der Waals surface area contributed by atoms with Crippen LogP contribution < -0.4 is 15.5 Å². The fourth-order valence-corrected chi connectivity index (χ4v) is 4.73. The molecule has 3 atom stereocenters. The molecule has 1 aliphatic heterocycles. The second-order valence-corrected chi connectivity index (χ2v) is 10.7. The fourth-order valence-electron chi connectivity index (χ4n) is 4.73. The number of carbonyl (C=O) groups excluding carboxylic acids is 1. The molecule has 1 aliphatic rings. The summed E-state index contributed by atoms with van der Waals surface area (Å²) in [4.78, 5) is 24.9. The number of hydrogen-bond acceptors (Lipinski definition) is 4. The maximum absolute atomic E-state index is 13.6. The third kappa shape index (κ3) is 7.48. The summed E-state index contributed by atoms with van der Waals surface area (Å²) in [5.74, 6) is -1.83. The van der Waals surface area contributed by atoms with Crippen molar-refractivity contribution in [1.29, 1.82) is 0 Å². The first-order chi connectivity index (χ1) is 16.8. The average molecular weight is 504 g/mol. The number of nitrogens with zero attached hydrogens (tertiary/aromatic N) is 1. The lowest BCUT2D eigenvalue weighted by atomic mass is 9.86. The molecule has 0 spiro atoms. The molecule has 196 valence electrons. The molecule has 0 saturated heterocycles. The van der Waals surface area contributed by atoms with Crippen molar-refractivity contribution in [3.63, 3.8) is 0 Å². The van der Waals surface area contributed by atoms with E-state index in [0.717, 1.165) is 23.6 Å². The number of carboxylic acid groups (broad SMARTS) is 1. The number of halogens is 2. The number of aliphatic hydroxyl groups excluding tert-OH is 1. The fraction of sp³-hybridized carbons (Fsp3) is 0.481. The van der Waals surface area contributed by atoms with E-state index in [9.17, 15) is 28.6 Å². The van der Waals surface area contributed by atoms with E-state index in [1.165, 1.54) is 24.0 Å². The van der Waals surface area contributed by atoms with E-state index in [1.807, 2.05) is 18.2 Å². The second-order valence-electron chi connectivity index (χ2n) is 10.7. The molecule has 0 aliphatic carbocycles. The first-order valence-electron chi connectivity index (χ1n) is 12.1. The molecule has 4 N–H and O–H groups in total. The van der Waals surface area contributed by atoms with Gasteiger partial charge in [-0.3, -0.25) is 9.69 Å². The van der Waals surface area contributed by atoms with Gasteiger partial charge in [0.1, 0.15) is 11.6 Å². The van der Waals surface area contributed by atoms with Crippen LogP contribution in [0.25, 0.3) is 0 Å². The van der Waals surface area contributed by atoms with E-state index in [4.69, 9.17) is 0 Å². The van der Waals surface area contributed by atoms with Gasteiger partial charge in [-0.1, -0.05) is 32.9 Å². The van der Waals surface area contributed by atoms with Crippen molar-refractivity contribution in [3.05, 3.63) is 64.7 Å². The van der Waals surface area contributed by atoms with Crippen LogP contribution in [0.3, 0.4) is 0 Å². The van der Waals surface area contributed by atoms with Gasteiger partial charge < -0.3 is 20.8 Å².